The number of aryl methyl sites for hydroxylation is 2. The second-order valence-electron chi connectivity index (χ2n) is 10.2. The van der Waals surface area contributed by atoms with Crippen molar-refractivity contribution < 1.29 is 9.59 Å². The number of carbonyl (C=O) groups is 2. The van der Waals surface area contributed by atoms with Gasteiger partial charge in [0, 0.05) is 41.8 Å². The van der Waals surface area contributed by atoms with Crippen LogP contribution < -0.4 is 28.2 Å². The summed E-state index contributed by atoms with van der Waals surface area (Å²) < 4.78 is 0. The maximum absolute atomic E-state index is 13.1. The van der Waals surface area contributed by atoms with Gasteiger partial charge in [-0.1, -0.05) is 28.1 Å². The summed E-state index contributed by atoms with van der Waals surface area (Å²) in [6.07, 6.45) is 0.922. The highest BCUT2D eigenvalue weighted by Gasteiger charge is 2.45. The fourth-order valence-corrected chi connectivity index (χ4v) is 5.52. The molecule has 17 heteroatoms. The van der Waals surface area contributed by atoms with Crippen LogP contribution in [0.15, 0.2) is 38.9 Å². The first-order chi connectivity index (χ1) is 19.6. The van der Waals surface area contributed by atoms with Crippen LogP contribution in [0.4, 0.5) is 11.6 Å². The molecule has 2 amide bonds. The van der Waals surface area contributed by atoms with Gasteiger partial charge in [-0.3, -0.25) is 20.7 Å². The molecule has 41 heavy (non-hydrogen) atoms. The number of halogens is 1. The normalized spacial score (nSPS) is 19.2. The summed E-state index contributed by atoms with van der Waals surface area (Å²) in [7, 11) is 0. The number of fused-ring (bicyclic) bond motifs is 1. The lowest BCUT2D eigenvalue weighted by Gasteiger charge is -2.39. The lowest BCUT2D eigenvalue weighted by atomic mass is 9.88. The highest BCUT2D eigenvalue weighted by molar-refractivity contribution is 6.31. The molecule has 0 saturated carbocycles. The molecule has 1 aromatic carbocycles. The van der Waals surface area contributed by atoms with Gasteiger partial charge in [-0.25, -0.2) is 15.0 Å². The van der Waals surface area contributed by atoms with E-state index in [1.54, 1.807) is 0 Å². The maximum Gasteiger partial charge on any atom is 0.276 e. The number of hydrazine groups is 1. The predicted octanol–water partition coefficient (Wildman–Crippen LogP) is 1.54. The number of nitrogens with two attached hydrogens (primary N) is 3. The van der Waals surface area contributed by atoms with Crippen molar-refractivity contribution in [1.82, 2.24) is 35.5 Å². The number of aromatic amines is 1. The van der Waals surface area contributed by atoms with Gasteiger partial charge < -0.3 is 26.9 Å². The molecule has 1 spiro atoms. The summed E-state index contributed by atoms with van der Waals surface area (Å²) in [6.45, 7) is 5.70. The van der Waals surface area contributed by atoms with Crippen molar-refractivity contribution in [3.8, 4) is 0 Å². The molecule has 16 nitrogen and oxygen atoms in total. The third-order valence-corrected chi connectivity index (χ3v) is 7.92. The zero-order valence-corrected chi connectivity index (χ0v) is 23.3. The molecule has 216 valence electrons. The number of nitrogens with zero attached hydrogens (tertiary/aromatic N) is 8. The Labute approximate surface area is 239 Å². The number of hydrogen-bond acceptors (Lipinski definition) is 11. The van der Waals surface area contributed by atoms with Crippen molar-refractivity contribution in [1.29, 1.82) is 0 Å². The number of amides is 2. The van der Waals surface area contributed by atoms with E-state index in [9.17, 15) is 9.59 Å². The monoisotopic (exact) mass is 582 g/mol. The van der Waals surface area contributed by atoms with E-state index in [4.69, 9.17) is 29.1 Å². The Kier molecular flexibility index (Phi) is 7.81. The zero-order chi connectivity index (χ0) is 29.3. The Morgan fingerprint density at radius 3 is 2.56 bits per heavy atom. The molecule has 2 saturated heterocycles. The Morgan fingerprint density at radius 1 is 1.15 bits per heavy atom. The second kappa shape index (κ2) is 11.3. The van der Waals surface area contributed by atoms with Gasteiger partial charge in [0.15, 0.2) is 10.8 Å². The molecule has 3 aromatic rings. The molecule has 0 aliphatic carbocycles. The van der Waals surface area contributed by atoms with Crippen molar-refractivity contribution in [3.05, 3.63) is 45.9 Å². The first-order valence-electron chi connectivity index (χ1n) is 12.9. The van der Waals surface area contributed by atoms with E-state index in [1.165, 1.54) is 10.6 Å². The average Bonchev–Trinajstić information content (AvgIpc) is 3.40. The third-order valence-electron chi connectivity index (χ3n) is 7.67. The molecule has 0 bridgehead atoms. The molecular weight excluding hydrogens is 552 g/mol. The Bertz CT molecular complexity index is 1540. The lowest BCUT2D eigenvalue weighted by Crippen LogP contribution is -2.57. The quantitative estimate of drug-likeness (QED) is 0.140. The summed E-state index contributed by atoms with van der Waals surface area (Å²) in [5, 5.41) is 22.0. The van der Waals surface area contributed by atoms with Crippen LogP contribution in [-0.2, 0) is 11.2 Å². The molecule has 9 N–H and O–H groups in total. The summed E-state index contributed by atoms with van der Waals surface area (Å²) in [5.74, 6) is 15.5. The SMILES string of the molecule is Cc1[nH]c2ccc(CC(=O)N3CCC4(CC3)CN(N)C(NC(=O)c3nc(Cl)c(N=NN)nc3N=NN)N4)cc2c1C. The van der Waals surface area contributed by atoms with E-state index < -0.39 is 17.7 Å². The Balaban J connectivity index is 1.21. The van der Waals surface area contributed by atoms with Gasteiger partial charge in [0.2, 0.25) is 17.5 Å². The average molecular weight is 583 g/mol. The predicted molar refractivity (Wildman–Crippen MR) is 150 cm³/mol. The van der Waals surface area contributed by atoms with Crippen molar-refractivity contribution in [2.75, 3.05) is 19.6 Å². The summed E-state index contributed by atoms with van der Waals surface area (Å²) >= 11 is 6.06. The van der Waals surface area contributed by atoms with Crippen LogP contribution in [0.1, 0.15) is 40.2 Å². The van der Waals surface area contributed by atoms with E-state index in [0.717, 1.165) is 22.2 Å². The molecule has 2 fully saturated rings. The standard InChI is InChI=1S/C24H31ClN14O2/c1-12-13(2)29-16-4-3-14(9-15(12)16)10-17(40)38-7-5-24(6-8-38)11-39(28)23(33-24)32-22(41)18-20(34-36-26)31-21(35-37-27)19(25)30-18/h3-4,9,23,29,33H,5-8,10-11,28H2,1-2H3,(H,32,41)(H4,26,27,31,34,35). The van der Waals surface area contributed by atoms with Gasteiger partial charge in [0.1, 0.15) is 6.29 Å². The lowest BCUT2D eigenvalue weighted by molar-refractivity contribution is -0.132. The van der Waals surface area contributed by atoms with Crippen LogP contribution in [0.2, 0.25) is 5.15 Å². The van der Waals surface area contributed by atoms with Gasteiger partial charge in [-0.05, 0) is 49.9 Å². The summed E-state index contributed by atoms with van der Waals surface area (Å²) in [4.78, 5) is 39.5. The van der Waals surface area contributed by atoms with Crippen LogP contribution in [-0.4, -0.2) is 68.1 Å². The molecule has 0 radical (unpaired) electrons. The van der Waals surface area contributed by atoms with Crippen molar-refractivity contribution in [2.45, 2.75) is 44.9 Å². The molecule has 2 aliphatic heterocycles. The largest absolute Gasteiger partial charge is 0.358 e. The Hall–Kier alpha value is -4.25. The molecule has 2 aliphatic rings. The molecular formula is C24H31ClN14O2. The van der Waals surface area contributed by atoms with Crippen LogP contribution in [0, 0.1) is 13.8 Å². The number of aromatic nitrogens is 3. The highest BCUT2D eigenvalue weighted by Crippen LogP contribution is 2.30. The topological polar surface area (TPSA) is 234 Å². The first-order valence-corrected chi connectivity index (χ1v) is 13.3. The number of hydrogen-bond donors (Lipinski definition) is 6. The fourth-order valence-electron chi connectivity index (χ4n) is 5.35. The van der Waals surface area contributed by atoms with E-state index >= 15 is 0 Å². The first kappa shape index (κ1) is 28.3. The number of likely N-dealkylation sites (tertiary alicyclic amines) is 1. The number of benzene rings is 1. The maximum atomic E-state index is 13.1. The minimum absolute atomic E-state index is 0.0752. The van der Waals surface area contributed by atoms with Crippen LogP contribution in [0.3, 0.4) is 0 Å². The van der Waals surface area contributed by atoms with Crippen LogP contribution in [0.5, 0.6) is 0 Å². The van der Waals surface area contributed by atoms with Gasteiger partial charge in [-0.2, -0.15) is 0 Å². The van der Waals surface area contributed by atoms with Crippen LogP contribution >= 0.6 is 11.6 Å². The number of rotatable bonds is 6. The third kappa shape index (κ3) is 5.67. The highest BCUT2D eigenvalue weighted by atomic mass is 35.5. The van der Waals surface area contributed by atoms with Crippen molar-refractivity contribution in [3.63, 3.8) is 0 Å². The molecule has 1 unspecified atom stereocenters. The van der Waals surface area contributed by atoms with E-state index in [-0.39, 0.29) is 28.4 Å². The van der Waals surface area contributed by atoms with Gasteiger partial charge in [-0.15, -0.1) is 10.2 Å². The number of H-pyrrole nitrogens is 1. The van der Waals surface area contributed by atoms with E-state index in [1.807, 2.05) is 24.0 Å². The zero-order valence-electron chi connectivity index (χ0n) is 22.6. The summed E-state index contributed by atoms with van der Waals surface area (Å²) in [6, 6.07) is 6.10. The van der Waals surface area contributed by atoms with Gasteiger partial charge >= 0.3 is 0 Å². The van der Waals surface area contributed by atoms with Gasteiger partial charge in [0.25, 0.3) is 5.91 Å². The molecule has 2 aromatic heterocycles. The van der Waals surface area contributed by atoms with Crippen molar-refractivity contribution >= 4 is 46.0 Å². The number of carbonyl (C=O) groups excluding carboxylic acids is 2. The molecule has 4 heterocycles. The number of nitrogens with one attached hydrogen (secondary N) is 3. The second-order valence-corrected chi connectivity index (χ2v) is 10.6. The van der Waals surface area contributed by atoms with Crippen molar-refractivity contribution in [2.24, 2.45) is 38.2 Å². The van der Waals surface area contributed by atoms with E-state index in [0.29, 0.717) is 38.9 Å². The molecule has 5 rings (SSSR count). The van der Waals surface area contributed by atoms with Crippen LogP contribution in [0.25, 0.3) is 10.9 Å². The number of piperidine rings is 1. The smallest absolute Gasteiger partial charge is 0.276 e. The molecule has 1 atom stereocenters. The summed E-state index contributed by atoms with van der Waals surface area (Å²) in [5.41, 5.74) is 3.75. The minimum atomic E-state index is -0.726. The minimum Gasteiger partial charge on any atom is -0.358 e. The Morgan fingerprint density at radius 2 is 1.85 bits per heavy atom. The van der Waals surface area contributed by atoms with Gasteiger partial charge in [0.05, 0.1) is 6.42 Å². The fraction of sp³-hybridized carbons (Fsp3) is 0.417. The van der Waals surface area contributed by atoms with E-state index in [2.05, 4.69) is 59.3 Å².